The van der Waals surface area contributed by atoms with Gasteiger partial charge in [-0.2, -0.15) is 0 Å². The van der Waals surface area contributed by atoms with E-state index in [0.717, 1.165) is 6.07 Å². The van der Waals surface area contributed by atoms with Crippen LogP contribution < -0.4 is 27.1 Å². The number of nitrogens with two attached hydrogens (primary N) is 2. The first-order valence-electron chi connectivity index (χ1n) is 12.5. The molecule has 0 bridgehead atoms. The van der Waals surface area contributed by atoms with Crippen molar-refractivity contribution in [3.63, 3.8) is 0 Å². The molecule has 7 N–H and O–H groups in total. The van der Waals surface area contributed by atoms with Crippen molar-refractivity contribution in [1.29, 1.82) is 5.41 Å². The van der Waals surface area contributed by atoms with Gasteiger partial charge in [-0.25, -0.2) is 9.18 Å². The molecule has 2 aliphatic heterocycles. The number of hydrogen-bond acceptors (Lipinski definition) is 7. The normalized spacial score (nSPS) is 18.5. The van der Waals surface area contributed by atoms with Crippen LogP contribution in [0.5, 0.6) is 0 Å². The first kappa shape index (κ1) is 26.4. The van der Waals surface area contributed by atoms with Crippen molar-refractivity contribution in [3.05, 3.63) is 39.4 Å². The topological polar surface area (TPSA) is 177 Å². The third-order valence-electron chi connectivity index (χ3n) is 7.21. The summed E-state index contributed by atoms with van der Waals surface area (Å²) >= 11 is 0. The third-order valence-corrected chi connectivity index (χ3v) is 7.21. The van der Waals surface area contributed by atoms with E-state index in [-0.39, 0.29) is 29.1 Å². The van der Waals surface area contributed by atoms with Crippen LogP contribution in [0.1, 0.15) is 61.0 Å². The van der Waals surface area contributed by atoms with E-state index in [1.165, 1.54) is 6.20 Å². The molecule has 0 amide bonds. The second-order valence-corrected chi connectivity index (χ2v) is 9.77. The van der Waals surface area contributed by atoms with Gasteiger partial charge in [0.2, 0.25) is 5.43 Å². The predicted molar refractivity (Wildman–Crippen MR) is 137 cm³/mol. The number of anilines is 1. The zero-order chi connectivity index (χ0) is 26.9. The van der Waals surface area contributed by atoms with Gasteiger partial charge in [-0.15, -0.1) is 0 Å². The number of hydrogen-bond donors (Lipinski definition) is 5. The summed E-state index contributed by atoms with van der Waals surface area (Å²) in [5, 5.41) is 19.3. The van der Waals surface area contributed by atoms with Crippen molar-refractivity contribution < 1.29 is 23.8 Å². The largest absolute Gasteiger partial charge is 0.477 e. The summed E-state index contributed by atoms with van der Waals surface area (Å²) in [6.07, 6.45) is 4.26. The Hall–Kier alpha value is -3.67. The molecular weight excluding hydrogens is 483 g/mol. The molecule has 200 valence electrons. The maximum absolute atomic E-state index is 15.5. The average Bonchev–Trinajstić information content (AvgIpc) is 2.85. The number of aryl methyl sites for hydroxylation is 1. The lowest BCUT2D eigenvalue weighted by molar-refractivity contribution is -0.151. The highest BCUT2D eigenvalue weighted by molar-refractivity contribution is 5.95. The number of carboxylic acid groups (broad SMARTS) is 1. The van der Waals surface area contributed by atoms with Crippen LogP contribution in [0.25, 0.3) is 10.9 Å². The number of pyridine rings is 1. The average molecular weight is 517 g/mol. The van der Waals surface area contributed by atoms with Gasteiger partial charge in [0.1, 0.15) is 23.5 Å². The summed E-state index contributed by atoms with van der Waals surface area (Å²) in [7, 11) is 0. The highest BCUT2D eigenvalue weighted by atomic mass is 19.1. The van der Waals surface area contributed by atoms with Gasteiger partial charge < -0.3 is 36.1 Å². The molecule has 37 heavy (non-hydrogen) atoms. The van der Waals surface area contributed by atoms with Crippen molar-refractivity contribution in [2.24, 2.45) is 11.5 Å². The summed E-state index contributed by atoms with van der Waals surface area (Å²) in [5.74, 6) is -2.51. The zero-order valence-electron chi connectivity index (χ0n) is 20.8. The minimum atomic E-state index is -1.33. The Bertz CT molecular complexity index is 1290. The van der Waals surface area contributed by atoms with E-state index in [9.17, 15) is 19.5 Å². The fourth-order valence-electron chi connectivity index (χ4n) is 5.24. The maximum Gasteiger partial charge on any atom is 0.341 e. The molecule has 1 aromatic carbocycles. The summed E-state index contributed by atoms with van der Waals surface area (Å²) in [6.45, 7) is 3.31. The van der Waals surface area contributed by atoms with Crippen molar-refractivity contribution in [2.45, 2.75) is 63.6 Å². The van der Waals surface area contributed by atoms with E-state index in [2.05, 4.69) is 5.32 Å². The summed E-state index contributed by atoms with van der Waals surface area (Å²) in [5.41, 5.74) is 11.8. The van der Waals surface area contributed by atoms with Gasteiger partial charge in [-0.3, -0.25) is 15.0 Å². The molecule has 2 atom stereocenters. The molecule has 2 aliphatic rings. The molecule has 11 nitrogen and oxygen atoms in total. The highest BCUT2D eigenvalue weighted by Crippen LogP contribution is 2.39. The van der Waals surface area contributed by atoms with E-state index in [4.69, 9.17) is 21.6 Å². The standard InChI is InChI=1S/C25H33FN6O5/c1-13-4-5-15-20-16(22(33)17(23(34)35)12-32(13)20)11-18(26)21(15)31-9-6-14(7-10-31)37-24(36)19(27)3-2-8-30-25(28)29/h11-14,19H,2-10,27H2,1H3,(H,34,35)(H4,28,29,30)/t13-,19?/m1/s1. The Kier molecular flexibility index (Phi) is 7.67. The number of piperidine rings is 1. The van der Waals surface area contributed by atoms with Gasteiger partial charge in [-0.05, 0) is 38.7 Å². The Morgan fingerprint density at radius 2 is 2.03 bits per heavy atom. The number of esters is 1. The van der Waals surface area contributed by atoms with Crippen molar-refractivity contribution in [1.82, 2.24) is 9.88 Å². The molecule has 0 radical (unpaired) electrons. The van der Waals surface area contributed by atoms with Gasteiger partial charge in [-0.1, -0.05) is 0 Å². The van der Waals surface area contributed by atoms with Crippen molar-refractivity contribution in [2.75, 3.05) is 24.5 Å². The number of benzene rings is 1. The minimum Gasteiger partial charge on any atom is -0.477 e. The number of ether oxygens (including phenoxy) is 1. The SMILES string of the molecule is C[C@@H]1CCc2c(N3CCC(OC(=O)C(N)CCCNC(=N)N)CC3)c(F)cc3c(=O)c(C(=O)O)cn1c23. The van der Waals surface area contributed by atoms with Gasteiger partial charge in [0.15, 0.2) is 5.96 Å². The molecule has 0 spiro atoms. The molecule has 3 heterocycles. The minimum absolute atomic E-state index is 0.0281. The molecule has 1 saturated heterocycles. The number of carbonyl (C=O) groups is 2. The number of rotatable bonds is 8. The van der Waals surface area contributed by atoms with Crippen LogP contribution in [0.2, 0.25) is 0 Å². The van der Waals surface area contributed by atoms with Crippen LogP contribution >= 0.6 is 0 Å². The van der Waals surface area contributed by atoms with E-state index < -0.39 is 29.2 Å². The smallest absolute Gasteiger partial charge is 0.341 e. The molecule has 0 aliphatic carbocycles. The number of halogens is 1. The molecule has 1 fully saturated rings. The number of guanidine groups is 1. The van der Waals surface area contributed by atoms with Crippen LogP contribution in [-0.4, -0.2) is 59.4 Å². The van der Waals surface area contributed by atoms with Gasteiger partial charge in [0.25, 0.3) is 0 Å². The highest BCUT2D eigenvalue weighted by Gasteiger charge is 2.31. The maximum atomic E-state index is 15.5. The predicted octanol–water partition coefficient (Wildman–Crippen LogP) is 1.45. The van der Waals surface area contributed by atoms with Crippen LogP contribution in [0.15, 0.2) is 17.1 Å². The quantitative estimate of drug-likeness (QED) is 0.150. The fourth-order valence-corrected chi connectivity index (χ4v) is 5.24. The molecule has 12 heteroatoms. The summed E-state index contributed by atoms with van der Waals surface area (Å²) in [4.78, 5) is 38.7. The molecule has 4 rings (SSSR count). The van der Waals surface area contributed by atoms with Crippen molar-refractivity contribution in [3.8, 4) is 0 Å². The van der Waals surface area contributed by atoms with Crippen LogP contribution in [-0.2, 0) is 16.0 Å². The van der Waals surface area contributed by atoms with Gasteiger partial charge in [0.05, 0.1) is 11.2 Å². The van der Waals surface area contributed by atoms with E-state index in [1.807, 2.05) is 11.8 Å². The Labute approximate surface area is 213 Å². The first-order chi connectivity index (χ1) is 17.6. The van der Waals surface area contributed by atoms with Crippen LogP contribution in [0.4, 0.5) is 10.1 Å². The van der Waals surface area contributed by atoms with Crippen LogP contribution in [0.3, 0.4) is 0 Å². The first-order valence-corrected chi connectivity index (χ1v) is 12.5. The Morgan fingerprint density at radius 1 is 1.32 bits per heavy atom. The molecule has 0 saturated carbocycles. The summed E-state index contributed by atoms with van der Waals surface area (Å²) in [6, 6.07) is 0.354. The number of nitrogens with zero attached hydrogens (tertiary/aromatic N) is 2. The number of carbonyl (C=O) groups excluding carboxylic acids is 1. The number of aromatic nitrogens is 1. The fraction of sp³-hybridized carbons (Fsp3) is 0.520. The van der Waals surface area contributed by atoms with E-state index >= 15 is 4.39 Å². The summed E-state index contributed by atoms with van der Waals surface area (Å²) < 4.78 is 22.8. The molecule has 1 unspecified atom stereocenters. The second kappa shape index (κ2) is 10.8. The Balaban J connectivity index is 1.48. The molecular formula is C25H33FN6O5. The zero-order valence-corrected chi connectivity index (χ0v) is 20.8. The number of nitrogens with one attached hydrogen (secondary N) is 2. The second-order valence-electron chi connectivity index (χ2n) is 9.77. The molecule has 2 aromatic rings. The van der Waals surface area contributed by atoms with Crippen molar-refractivity contribution >= 4 is 34.5 Å². The number of aromatic carboxylic acids is 1. The van der Waals surface area contributed by atoms with E-state index in [1.54, 1.807) is 4.57 Å². The van der Waals surface area contributed by atoms with Crippen LogP contribution in [0, 0.1) is 11.2 Å². The Morgan fingerprint density at radius 3 is 2.68 bits per heavy atom. The van der Waals surface area contributed by atoms with Gasteiger partial charge in [0, 0.05) is 55.7 Å². The lowest BCUT2D eigenvalue weighted by Crippen LogP contribution is -2.42. The third kappa shape index (κ3) is 5.38. The number of carboxylic acids is 1. The lowest BCUT2D eigenvalue weighted by atomic mass is 9.93. The van der Waals surface area contributed by atoms with E-state index in [0.29, 0.717) is 74.9 Å². The van der Waals surface area contributed by atoms with Gasteiger partial charge >= 0.3 is 11.9 Å². The molecule has 1 aromatic heterocycles. The monoisotopic (exact) mass is 516 g/mol. The lowest BCUT2D eigenvalue weighted by Gasteiger charge is -2.37.